The van der Waals surface area contributed by atoms with Gasteiger partial charge in [0, 0.05) is 33.1 Å². The van der Waals surface area contributed by atoms with Gasteiger partial charge in [0.15, 0.2) is 0 Å². The largest absolute Gasteiger partial charge is 0.491 e. The van der Waals surface area contributed by atoms with Crippen LogP contribution in [0.2, 0.25) is 10.0 Å². The summed E-state index contributed by atoms with van der Waals surface area (Å²) in [5.41, 5.74) is 1.63. The van der Waals surface area contributed by atoms with Crippen LogP contribution < -0.4 is 4.74 Å². The van der Waals surface area contributed by atoms with Crippen molar-refractivity contribution in [2.24, 2.45) is 0 Å². The maximum absolute atomic E-state index is 13.6. The molecule has 2 heterocycles. The third-order valence-corrected chi connectivity index (χ3v) is 7.75. The minimum atomic E-state index is -0.208. The number of halogens is 2. The maximum atomic E-state index is 13.6. The van der Waals surface area contributed by atoms with Gasteiger partial charge in [-0.1, -0.05) is 29.3 Å². The summed E-state index contributed by atoms with van der Waals surface area (Å²) in [6.45, 7) is 0.987. The quantitative estimate of drug-likeness (QED) is 0.396. The molecule has 2 aliphatic rings. The molecule has 0 spiro atoms. The number of hydrogen-bond acceptors (Lipinski definition) is 4. The molecular formula is C26H24Cl2N2O3S. The van der Waals surface area contributed by atoms with Gasteiger partial charge in [-0.05, 0) is 78.7 Å². The zero-order chi connectivity index (χ0) is 23.7. The fourth-order valence-corrected chi connectivity index (χ4v) is 5.60. The number of thiophene rings is 1. The number of fused-ring (bicyclic) bond motifs is 1. The highest BCUT2D eigenvalue weighted by Gasteiger charge is 2.38. The van der Waals surface area contributed by atoms with E-state index in [4.69, 9.17) is 27.9 Å². The second-order valence-electron chi connectivity index (χ2n) is 8.59. The van der Waals surface area contributed by atoms with Crippen LogP contribution in [0.3, 0.4) is 0 Å². The Balaban J connectivity index is 1.34. The molecule has 176 valence electrons. The number of nitrogens with zero attached hydrogens (tertiary/aromatic N) is 2. The zero-order valence-electron chi connectivity index (χ0n) is 18.5. The first-order valence-electron chi connectivity index (χ1n) is 11.3. The summed E-state index contributed by atoms with van der Waals surface area (Å²) in [6, 6.07) is 16.1. The van der Waals surface area contributed by atoms with Crippen molar-refractivity contribution in [3.8, 4) is 5.75 Å². The molecule has 2 aromatic carbocycles. The Kier molecular flexibility index (Phi) is 6.82. The molecule has 5 rings (SSSR count). The molecule has 1 aliphatic carbocycles. The van der Waals surface area contributed by atoms with Gasteiger partial charge in [-0.25, -0.2) is 0 Å². The van der Waals surface area contributed by atoms with Crippen LogP contribution in [0.4, 0.5) is 0 Å². The molecule has 1 atom stereocenters. The molecule has 0 unspecified atom stereocenters. The Hall–Kier alpha value is -2.54. The van der Waals surface area contributed by atoms with Gasteiger partial charge in [0.05, 0.1) is 6.04 Å². The van der Waals surface area contributed by atoms with Crippen LogP contribution in [0, 0.1) is 0 Å². The van der Waals surface area contributed by atoms with Crippen molar-refractivity contribution in [1.82, 2.24) is 9.80 Å². The molecule has 8 heteroatoms. The lowest BCUT2D eigenvalue weighted by atomic mass is 10.0. The van der Waals surface area contributed by atoms with E-state index in [0.29, 0.717) is 34.5 Å². The zero-order valence-corrected chi connectivity index (χ0v) is 20.8. The molecule has 1 aromatic heterocycles. The van der Waals surface area contributed by atoms with Gasteiger partial charge < -0.3 is 14.5 Å². The molecule has 2 amide bonds. The van der Waals surface area contributed by atoms with E-state index in [0.717, 1.165) is 24.8 Å². The Bertz CT molecular complexity index is 1190. The van der Waals surface area contributed by atoms with Crippen LogP contribution in [0.25, 0.3) is 0 Å². The number of rotatable bonds is 7. The van der Waals surface area contributed by atoms with Gasteiger partial charge in [0.2, 0.25) is 5.91 Å². The van der Waals surface area contributed by atoms with Gasteiger partial charge in [0.25, 0.3) is 5.91 Å². The summed E-state index contributed by atoms with van der Waals surface area (Å²) in [4.78, 5) is 31.7. The normalized spacial score (nSPS) is 17.2. The van der Waals surface area contributed by atoms with E-state index in [2.05, 4.69) is 11.4 Å². The van der Waals surface area contributed by atoms with Crippen molar-refractivity contribution in [1.29, 1.82) is 0 Å². The topological polar surface area (TPSA) is 49.9 Å². The highest BCUT2D eigenvalue weighted by Crippen LogP contribution is 2.35. The molecule has 1 saturated carbocycles. The van der Waals surface area contributed by atoms with Crippen molar-refractivity contribution in [2.75, 3.05) is 19.7 Å². The fourth-order valence-electron chi connectivity index (χ4n) is 4.36. The Morgan fingerprint density at radius 2 is 1.85 bits per heavy atom. The predicted octanol–water partition coefficient (Wildman–Crippen LogP) is 5.86. The van der Waals surface area contributed by atoms with Crippen LogP contribution in [-0.4, -0.2) is 47.4 Å². The minimum absolute atomic E-state index is 0.0485. The van der Waals surface area contributed by atoms with E-state index in [1.54, 1.807) is 52.6 Å². The number of amides is 2. The van der Waals surface area contributed by atoms with E-state index < -0.39 is 0 Å². The average Bonchev–Trinajstić information content (AvgIpc) is 3.57. The van der Waals surface area contributed by atoms with Crippen LogP contribution >= 0.6 is 34.5 Å². The molecule has 1 fully saturated rings. The molecule has 0 bridgehead atoms. The lowest BCUT2D eigenvalue weighted by Crippen LogP contribution is -2.48. The highest BCUT2D eigenvalue weighted by atomic mass is 35.5. The molecule has 0 radical (unpaired) electrons. The second kappa shape index (κ2) is 9.98. The molecule has 3 aromatic rings. The van der Waals surface area contributed by atoms with E-state index in [-0.39, 0.29) is 30.4 Å². The first-order valence-corrected chi connectivity index (χ1v) is 12.9. The molecule has 1 aliphatic heterocycles. The molecular weight excluding hydrogens is 491 g/mol. The molecule has 0 saturated heterocycles. The number of carbonyl (C=O) groups excluding carboxylic acids is 2. The van der Waals surface area contributed by atoms with Crippen molar-refractivity contribution in [2.45, 2.75) is 31.3 Å². The predicted molar refractivity (Wildman–Crippen MR) is 135 cm³/mol. The fraction of sp³-hybridized carbons (Fsp3) is 0.308. The summed E-state index contributed by atoms with van der Waals surface area (Å²) in [5, 5.41) is 3.22. The SMILES string of the molecule is O=C(c1cccc(Cl)c1)N(CC(=O)N1CCc2sccc2[C@@H]1COc1ccc(Cl)cc1)C1CC1. The summed E-state index contributed by atoms with van der Waals surface area (Å²) in [5.74, 6) is 0.485. The van der Waals surface area contributed by atoms with Crippen molar-refractivity contribution in [3.63, 3.8) is 0 Å². The molecule has 0 N–H and O–H groups in total. The van der Waals surface area contributed by atoms with Crippen molar-refractivity contribution >= 4 is 46.4 Å². The average molecular weight is 515 g/mol. The van der Waals surface area contributed by atoms with Crippen molar-refractivity contribution in [3.05, 3.63) is 86.0 Å². The van der Waals surface area contributed by atoms with Crippen LogP contribution in [0.1, 0.15) is 39.7 Å². The lowest BCUT2D eigenvalue weighted by Gasteiger charge is -2.37. The van der Waals surface area contributed by atoms with Crippen molar-refractivity contribution < 1.29 is 14.3 Å². The number of hydrogen-bond donors (Lipinski definition) is 0. The molecule has 5 nitrogen and oxygen atoms in total. The smallest absolute Gasteiger partial charge is 0.254 e. The summed E-state index contributed by atoms with van der Waals surface area (Å²) >= 11 is 13.8. The molecule has 34 heavy (non-hydrogen) atoms. The van der Waals surface area contributed by atoms with E-state index in [9.17, 15) is 9.59 Å². The van der Waals surface area contributed by atoms with E-state index in [1.807, 2.05) is 17.0 Å². The Morgan fingerprint density at radius 1 is 1.06 bits per heavy atom. The third-order valence-electron chi connectivity index (χ3n) is 6.26. The van der Waals surface area contributed by atoms with Crippen LogP contribution in [0.5, 0.6) is 5.75 Å². The van der Waals surface area contributed by atoms with Crippen LogP contribution in [0.15, 0.2) is 60.0 Å². The first-order chi connectivity index (χ1) is 16.5. The number of benzene rings is 2. The van der Waals surface area contributed by atoms with Gasteiger partial charge in [-0.15, -0.1) is 11.3 Å². The third kappa shape index (κ3) is 5.09. The lowest BCUT2D eigenvalue weighted by molar-refractivity contribution is -0.135. The summed E-state index contributed by atoms with van der Waals surface area (Å²) < 4.78 is 6.06. The summed E-state index contributed by atoms with van der Waals surface area (Å²) in [6.07, 6.45) is 2.64. The Labute approximate surface area is 212 Å². The van der Waals surface area contributed by atoms with Crippen LogP contribution in [-0.2, 0) is 11.2 Å². The standard InChI is InChI=1S/C26H24Cl2N2O3S/c27-18-4-8-21(9-5-18)33-16-23-22-11-13-34-24(22)10-12-29(23)25(31)15-30(20-6-7-20)26(32)17-2-1-3-19(28)14-17/h1-5,8-9,11,13-14,20,23H,6-7,10,12,15-16H2/t23-/m0/s1. The van der Waals surface area contributed by atoms with Gasteiger partial charge >= 0.3 is 0 Å². The number of ether oxygens (including phenoxy) is 1. The summed E-state index contributed by atoms with van der Waals surface area (Å²) in [7, 11) is 0. The van der Waals surface area contributed by atoms with Gasteiger partial charge in [-0.3, -0.25) is 9.59 Å². The Morgan fingerprint density at radius 3 is 2.59 bits per heavy atom. The van der Waals surface area contributed by atoms with Gasteiger partial charge in [0.1, 0.15) is 18.9 Å². The minimum Gasteiger partial charge on any atom is -0.491 e. The highest BCUT2D eigenvalue weighted by molar-refractivity contribution is 7.10. The first kappa shape index (κ1) is 23.2. The van der Waals surface area contributed by atoms with Gasteiger partial charge in [-0.2, -0.15) is 0 Å². The maximum Gasteiger partial charge on any atom is 0.254 e. The second-order valence-corrected chi connectivity index (χ2v) is 10.5. The monoisotopic (exact) mass is 514 g/mol. The van der Waals surface area contributed by atoms with E-state index in [1.165, 1.54) is 4.88 Å². The van der Waals surface area contributed by atoms with E-state index >= 15 is 0 Å². The number of carbonyl (C=O) groups is 2.